The van der Waals surface area contributed by atoms with E-state index in [1.807, 2.05) is 0 Å². The first-order valence-corrected chi connectivity index (χ1v) is 8.73. The number of anilines is 3. The van der Waals surface area contributed by atoms with Crippen molar-refractivity contribution in [2.24, 2.45) is 0 Å². The van der Waals surface area contributed by atoms with Gasteiger partial charge in [0.1, 0.15) is 5.82 Å². The third kappa shape index (κ3) is 4.86. The van der Waals surface area contributed by atoms with Crippen LogP contribution in [0.2, 0.25) is 0 Å². The lowest BCUT2D eigenvalue weighted by molar-refractivity contribution is -0.137. The highest BCUT2D eigenvalue weighted by molar-refractivity contribution is 6.08. The van der Waals surface area contributed by atoms with E-state index < -0.39 is 23.5 Å². The van der Waals surface area contributed by atoms with Crippen molar-refractivity contribution in [1.82, 2.24) is 4.98 Å². The largest absolute Gasteiger partial charge is 0.481 e. The Bertz CT molecular complexity index is 1080. The molecule has 9 heteroatoms. The van der Waals surface area contributed by atoms with E-state index in [9.17, 15) is 22.4 Å². The normalized spacial score (nSPS) is 11.1. The van der Waals surface area contributed by atoms with Crippen LogP contribution in [-0.4, -0.2) is 18.0 Å². The molecule has 1 aromatic heterocycles. The standard InChI is InChI=1S/C21H17F4N3O2/c1-12-9-14(22)4-6-17(12)28-18-10-13(21(23,24)25)3-5-16(18)20(29)27-15-7-8-26-19(11-15)30-2/h3-11,28H,1-2H3,(H,26,27,29). The van der Waals surface area contributed by atoms with Crippen molar-refractivity contribution in [1.29, 1.82) is 0 Å². The highest BCUT2D eigenvalue weighted by Gasteiger charge is 2.31. The molecule has 0 aliphatic rings. The first kappa shape index (κ1) is 21.1. The van der Waals surface area contributed by atoms with Crippen LogP contribution in [0, 0.1) is 12.7 Å². The van der Waals surface area contributed by atoms with Crippen molar-refractivity contribution in [3.8, 4) is 5.88 Å². The number of methoxy groups -OCH3 is 1. The number of halogens is 4. The number of alkyl halides is 3. The van der Waals surface area contributed by atoms with Crippen LogP contribution in [0.5, 0.6) is 5.88 Å². The maximum Gasteiger partial charge on any atom is 0.416 e. The van der Waals surface area contributed by atoms with Crippen molar-refractivity contribution >= 4 is 23.0 Å². The number of aromatic nitrogens is 1. The third-order valence-corrected chi connectivity index (χ3v) is 4.25. The van der Waals surface area contributed by atoms with Gasteiger partial charge < -0.3 is 15.4 Å². The van der Waals surface area contributed by atoms with Gasteiger partial charge in [-0.1, -0.05) is 0 Å². The van der Waals surface area contributed by atoms with Crippen LogP contribution < -0.4 is 15.4 Å². The Morgan fingerprint density at radius 3 is 2.47 bits per heavy atom. The second-order valence-electron chi connectivity index (χ2n) is 6.38. The van der Waals surface area contributed by atoms with Crippen LogP contribution >= 0.6 is 0 Å². The van der Waals surface area contributed by atoms with Crippen molar-refractivity contribution < 1.29 is 27.1 Å². The molecule has 0 atom stereocenters. The SMILES string of the molecule is COc1cc(NC(=O)c2ccc(C(F)(F)F)cc2Nc2ccc(F)cc2C)ccn1. The Kier molecular flexibility index (Phi) is 5.91. The summed E-state index contributed by atoms with van der Waals surface area (Å²) in [6, 6.07) is 9.53. The summed E-state index contributed by atoms with van der Waals surface area (Å²) in [6.07, 6.45) is -3.18. The fourth-order valence-electron chi connectivity index (χ4n) is 2.73. The fraction of sp³-hybridized carbons (Fsp3) is 0.143. The first-order valence-electron chi connectivity index (χ1n) is 8.73. The van der Waals surface area contributed by atoms with Crippen LogP contribution in [0.3, 0.4) is 0 Å². The van der Waals surface area contributed by atoms with Gasteiger partial charge in [0.15, 0.2) is 0 Å². The quantitative estimate of drug-likeness (QED) is 0.532. The number of aryl methyl sites for hydroxylation is 1. The summed E-state index contributed by atoms with van der Waals surface area (Å²) in [7, 11) is 1.41. The lowest BCUT2D eigenvalue weighted by Crippen LogP contribution is -2.15. The lowest BCUT2D eigenvalue weighted by atomic mass is 10.1. The lowest BCUT2D eigenvalue weighted by Gasteiger charge is -2.16. The zero-order valence-electron chi connectivity index (χ0n) is 16.0. The monoisotopic (exact) mass is 419 g/mol. The van der Waals surface area contributed by atoms with E-state index in [0.29, 0.717) is 16.9 Å². The van der Waals surface area contributed by atoms with Crippen LogP contribution in [0.4, 0.5) is 34.6 Å². The van der Waals surface area contributed by atoms with Gasteiger partial charge in [0.05, 0.1) is 23.9 Å². The predicted octanol–water partition coefficient (Wildman–Crippen LogP) is 5.55. The molecule has 2 N–H and O–H groups in total. The fourth-order valence-corrected chi connectivity index (χ4v) is 2.73. The molecule has 0 aliphatic carbocycles. The smallest absolute Gasteiger partial charge is 0.416 e. The molecule has 0 spiro atoms. The summed E-state index contributed by atoms with van der Waals surface area (Å²) in [5.74, 6) is -0.855. The molecular weight excluding hydrogens is 402 g/mol. The van der Waals surface area contributed by atoms with E-state index in [4.69, 9.17) is 4.74 Å². The molecule has 0 fully saturated rings. The molecule has 5 nitrogen and oxygen atoms in total. The summed E-state index contributed by atoms with van der Waals surface area (Å²) in [6.45, 7) is 1.60. The highest BCUT2D eigenvalue weighted by atomic mass is 19.4. The maximum absolute atomic E-state index is 13.4. The van der Waals surface area contributed by atoms with Gasteiger partial charge >= 0.3 is 6.18 Å². The van der Waals surface area contributed by atoms with Gasteiger partial charge in [0.2, 0.25) is 5.88 Å². The van der Waals surface area contributed by atoms with Crippen LogP contribution in [0.25, 0.3) is 0 Å². The van der Waals surface area contributed by atoms with Crippen molar-refractivity contribution in [3.05, 3.63) is 77.2 Å². The molecule has 0 aliphatic heterocycles. The predicted molar refractivity (Wildman–Crippen MR) is 105 cm³/mol. The van der Waals surface area contributed by atoms with Crippen LogP contribution in [-0.2, 0) is 6.18 Å². The number of pyridine rings is 1. The number of carbonyl (C=O) groups excluding carboxylic acids is 1. The van der Waals surface area contributed by atoms with E-state index in [1.165, 1.54) is 43.6 Å². The van der Waals surface area contributed by atoms with Gasteiger partial charge in [0.25, 0.3) is 5.91 Å². The number of ether oxygens (including phenoxy) is 1. The van der Waals surface area contributed by atoms with E-state index in [1.54, 1.807) is 6.92 Å². The van der Waals surface area contributed by atoms with Crippen LogP contribution in [0.1, 0.15) is 21.5 Å². The first-order chi connectivity index (χ1) is 14.2. The number of hydrogen-bond donors (Lipinski definition) is 2. The number of nitrogens with zero attached hydrogens (tertiary/aromatic N) is 1. The molecule has 0 bridgehead atoms. The van der Waals surface area contributed by atoms with Crippen molar-refractivity contribution in [3.63, 3.8) is 0 Å². The number of carbonyl (C=O) groups is 1. The summed E-state index contributed by atoms with van der Waals surface area (Å²) in [4.78, 5) is 16.7. The average molecular weight is 419 g/mol. The van der Waals surface area contributed by atoms with Crippen LogP contribution in [0.15, 0.2) is 54.7 Å². The average Bonchev–Trinajstić information content (AvgIpc) is 2.69. The zero-order chi connectivity index (χ0) is 21.9. The van der Waals surface area contributed by atoms with E-state index in [2.05, 4.69) is 15.6 Å². The Balaban J connectivity index is 1.98. The van der Waals surface area contributed by atoms with Crippen molar-refractivity contribution in [2.45, 2.75) is 13.1 Å². The highest BCUT2D eigenvalue weighted by Crippen LogP contribution is 2.34. The van der Waals surface area contributed by atoms with Gasteiger partial charge in [-0.15, -0.1) is 0 Å². The Morgan fingerprint density at radius 2 is 1.80 bits per heavy atom. The molecule has 0 radical (unpaired) electrons. The molecule has 3 aromatic rings. The van der Waals surface area contributed by atoms with Gasteiger partial charge in [-0.3, -0.25) is 4.79 Å². The Morgan fingerprint density at radius 1 is 1.03 bits per heavy atom. The van der Waals surface area contributed by atoms with E-state index in [0.717, 1.165) is 18.2 Å². The summed E-state index contributed by atoms with van der Waals surface area (Å²) < 4.78 is 58.0. The van der Waals surface area contributed by atoms with E-state index in [-0.39, 0.29) is 17.1 Å². The molecule has 0 saturated carbocycles. The molecule has 1 heterocycles. The van der Waals surface area contributed by atoms with E-state index >= 15 is 0 Å². The van der Waals surface area contributed by atoms with Gasteiger partial charge in [-0.2, -0.15) is 13.2 Å². The number of nitrogens with one attached hydrogen (secondary N) is 2. The molecular formula is C21H17F4N3O2. The number of benzene rings is 2. The molecule has 3 rings (SSSR count). The summed E-state index contributed by atoms with van der Waals surface area (Å²) in [5, 5.41) is 5.41. The minimum Gasteiger partial charge on any atom is -0.481 e. The molecule has 1 amide bonds. The minimum atomic E-state index is -4.60. The summed E-state index contributed by atoms with van der Waals surface area (Å²) >= 11 is 0. The second-order valence-corrected chi connectivity index (χ2v) is 6.38. The number of amides is 1. The molecule has 2 aromatic carbocycles. The minimum absolute atomic E-state index is 0.0255. The van der Waals surface area contributed by atoms with Gasteiger partial charge in [-0.25, -0.2) is 9.37 Å². The Labute approximate surface area is 169 Å². The molecule has 156 valence electrons. The summed E-state index contributed by atoms with van der Waals surface area (Å²) in [5.41, 5.74) is 0.177. The molecule has 0 saturated heterocycles. The third-order valence-electron chi connectivity index (χ3n) is 4.25. The Hall–Kier alpha value is -3.62. The molecule has 30 heavy (non-hydrogen) atoms. The second kappa shape index (κ2) is 8.40. The maximum atomic E-state index is 13.4. The molecule has 0 unspecified atom stereocenters. The zero-order valence-corrected chi connectivity index (χ0v) is 16.0. The number of rotatable bonds is 5. The van der Waals surface area contributed by atoms with Gasteiger partial charge in [0, 0.05) is 23.6 Å². The van der Waals surface area contributed by atoms with Crippen molar-refractivity contribution in [2.75, 3.05) is 17.7 Å². The topological polar surface area (TPSA) is 63.2 Å². The number of hydrogen-bond acceptors (Lipinski definition) is 4. The van der Waals surface area contributed by atoms with Gasteiger partial charge in [-0.05, 0) is 55.0 Å².